The predicted molar refractivity (Wildman–Crippen MR) is 183 cm³/mol. The topological polar surface area (TPSA) is 126 Å². The summed E-state index contributed by atoms with van der Waals surface area (Å²) in [5, 5.41) is 5.18. The average Bonchev–Trinajstić information content (AvgIpc) is 3.10. The van der Waals surface area contributed by atoms with Crippen molar-refractivity contribution >= 4 is 63.7 Å². The van der Waals surface area contributed by atoms with Crippen molar-refractivity contribution in [3.05, 3.63) is 158 Å². The van der Waals surface area contributed by atoms with Crippen molar-refractivity contribution in [1.29, 1.82) is 0 Å². The minimum absolute atomic E-state index is 0.0308. The van der Waals surface area contributed by atoms with Crippen LogP contribution in [0.1, 0.15) is 53.9 Å². The molecule has 4 aromatic rings. The summed E-state index contributed by atoms with van der Waals surface area (Å²) in [6, 6.07) is 31.3. The summed E-state index contributed by atoms with van der Waals surface area (Å²) in [5.74, 6) is -4.45. The Morgan fingerprint density at radius 3 is 1.60 bits per heavy atom. The van der Waals surface area contributed by atoms with Crippen LogP contribution >= 0.6 is 23.2 Å². The van der Waals surface area contributed by atoms with Crippen molar-refractivity contribution in [2.24, 2.45) is 5.92 Å². The van der Waals surface area contributed by atoms with E-state index in [2.05, 4.69) is 10.6 Å². The zero-order valence-electron chi connectivity index (χ0n) is 25.6. The summed E-state index contributed by atoms with van der Waals surface area (Å²) in [6.07, 6.45) is 0.748. The Morgan fingerprint density at radius 2 is 1.06 bits per heavy atom. The van der Waals surface area contributed by atoms with Gasteiger partial charge < -0.3 is 10.6 Å². The van der Waals surface area contributed by atoms with Gasteiger partial charge in [0.05, 0.1) is 5.03 Å². The number of benzene rings is 4. The number of rotatable bonds is 8. The van der Waals surface area contributed by atoms with Gasteiger partial charge in [0, 0.05) is 40.1 Å². The van der Waals surface area contributed by atoms with Crippen LogP contribution in [0.4, 0.5) is 5.69 Å². The number of halogens is 2. The number of para-hydroxylation sites is 1. The van der Waals surface area contributed by atoms with Crippen molar-refractivity contribution in [3.8, 4) is 0 Å². The van der Waals surface area contributed by atoms with Gasteiger partial charge in [0.15, 0.2) is 5.78 Å². The number of anilines is 1. The highest BCUT2D eigenvalue weighted by molar-refractivity contribution is 6.51. The maximum absolute atomic E-state index is 12.8. The molecule has 0 heterocycles. The van der Waals surface area contributed by atoms with Crippen LogP contribution in [-0.4, -0.2) is 41.4 Å². The third kappa shape index (κ3) is 7.10. The Kier molecular flexibility index (Phi) is 10.6. The molecule has 2 aliphatic carbocycles. The third-order valence-corrected chi connectivity index (χ3v) is 8.45. The number of Topliss-reactive ketones (excluding diaryl/α,β-unsaturated/α-hetero) is 5. The summed E-state index contributed by atoms with van der Waals surface area (Å²) in [6.45, 7) is 1.72. The molecule has 0 radical (unpaired) electrons. The fraction of sp³-hybridized carbons (Fsp3) is 0.105. The summed E-state index contributed by atoms with van der Waals surface area (Å²) >= 11 is 12.2. The lowest BCUT2D eigenvalue weighted by atomic mass is 9.81. The summed E-state index contributed by atoms with van der Waals surface area (Å²) in [5.41, 5.74) is 2.60. The highest BCUT2D eigenvalue weighted by Crippen LogP contribution is 2.34. The zero-order chi connectivity index (χ0) is 34.4. The third-order valence-electron chi connectivity index (χ3n) is 7.72. The molecule has 2 N–H and O–H groups in total. The minimum Gasteiger partial charge on any atom is -0.380 e. The molecule has 0 spiro atoms. The molecule has 6 rings (SSSR count). The summed E-state index contributed by atoms with van der Waals surface area (Å²) in [7, 11) is 0. The van der Waals surface area contributed by atoms with Crippen molar-refractivity contribution in [1.82, 2.24) is 5.32 Å². The Hall–Kier alpha value is -5.44. The van der Waals surface area contributed by atoms with Gasteiger partial charge in [-0.3, -0.25) is 28.8 Å². The first kappa shape index (κ1) is 33.9. The van der Waals surface area contributed by atoms with Gasteiger partial charge in [-0.2, -0.15) is 0 Å². The molecule has 8 nitrogen and oxygen atoms in total. The molecule has 4 aromatic carbocycles. The van der Waals surface area contributed by atoms with Crippen LogP contribution < -0.4 is 10.6 Å². The van der Waals surface area contributed by atoms with Crippen molar-refractivity contribution in [3.63, 3.8) is 0 Å². The second kappa shape index (κ2) is 15.0. The number of carbonyl (C=O) groups is 6. The maximum atomic E-state index is 12.8. The number of allylic oxidation sites excluding steroid dienone is 3. The maximum Gasteiger partial charge on any atom is 0.239 e. The highest BCUT2D eigenvalue weighted by Gasteiger charge is 2.40. The molecule has 0 saturated heterocycles. The number of hydrogen-bond donors (Lipinski definition) is 2. The van der Waals surface area contributed by atoms with Crippen LogP contribution in [-0.2, 0) is 16.0 Å². The van der Waals surface area contributed by atoms with Crippen LogP contribution in [0.3, 0.4) is 0 Å². The van der Waals surface area contributed by atoms with Gasteiger partial charge in [0.25, 0.3) is 0 Å². The molecular formula is C38H28Cl2N2O6. The first-order valence-electron chi connectivity index (χ1n) is 14.9. The van der Waals surface area contributed by atoms with Crippen molar-refractivity contribution in [2.45, 2.75) is 13.3 Å². The fourth-order valence-electron chi connectivity index (χ4n) is 5.36. The van der Waals surface area contributed by atoms with Crippen LogP contribution in [0.15, 0.2) is 131 Å². The van der Waals surface area contributed by atoms with E-state index in [9.17, 15) is 28.8 Å². The molecule has 2 aliphatic rings. The highest BCUT2D eigenvalue weighted by atomic mass is 35.5. The molecule has 1 atom stereocenters. The molecule has 0 bridgehead atoms. The molecule has 0 aliphatic heterocycles. The minimum atomic E-state index is -1.47. The zero-order valence-corrected chi connectivity index (χ0v) is 27.1. The molecule has 240 valence electrons. The number of ketones is 5. The molecule has 10 heteroatoms. The Balaban J connectivity index is 0.000000190. The van der Waals surface area contributed by atoms with Crippen LogP contribution in [0.2, 0.25) is 0 Å². The molecule has 0 fully saturated rings. The van der Waals surface area contributed by atoms with E-state index in [0.29, 0.717) is 23.4 Å². The standard InChI is InChI=1S/C20H14ClNO4.C18H14ClNO2/c1-11(23)15(20(26)22-12-7-3-2-4-8-12)16-17(21)19(25)14-10-6-5-9-13(14)18(16)24;19-15-16(20-11-10-12-6-2-1-3-7-12)18(22)14-9-5-4-8-13(14)17(15)21/h2-10,15H,1H3,(H,22,26);1-9,20H,10-11H2. The average molecular weight is 680 g/mol. The first-order chi connectivity index (χ1) is 23.1. The predicted octanol–water partition coefficient (Wildman–Crippen LogP) is 6.75. The smallest absolute Gasteiger partial charge is 0.239 e. The number of nitrogens with one attached hydrogen (secondary N) is 2. The fourth-order valence-corrected chi connectivity index (χ4v) is 5.91. The lowest BCUT2D eigenvalue weighted by molar-refractivity contribution is -0.128. The largest absolute Gasteiger partial charge is 0.380 e. The Bertz CT molecular complexity index is 2020. The van der Waals surface area contributed by atoms with Gasteiger partial charge in [-0.15, -0.1) is 0 Å². The van der Waals surface area contributed by atoms with Gasteiger partial charge in [0.1, 0.15) is 22.4 Å². The van der Waals surface area contributed by atoms with Crippen LogP contribution in [0, 0.1) is 5.92 Å². The second-order valence-corrected chi connectivity index (χ2v) is 11.6. The van der Waals surface area contributed by atoms with E-state index in [1.54, 1.807) is 66.7 Å². The van der Waals surface area contributed by atoms with Crippen molar-refractivity contribution < 1.29 is 28.8 Å². The SMILES string of the molecule is CC(=O)C(C(=O)Nc1ccccc1)C1=C(Cl)C(=O)c2ccccc2C1=O.O=C1C(Cl)=C(NCCc2ccccc2)C(=O)c2ccccc21. The van der Waals surface area contributed by atoms with Crippen LogP contribution in [0.25, 0.3) is 0 Å². The van der Waals surface area contributed by atoms with E-state index in [-0.39, 0.29) is 39.0 Å². The number of fused-ring (bicyclic) bond motifs is 2. The molecule has 0 aromatic heterocycles. The van der Waals surface area contributed by atoms with Crippen molar-refractivity contribution in [2.75, 3.05) is 11.9 Å². The lowest BCUT2D eigenvalue weighted by Gasteiger charge is -2.22. The van der Waals surface area contributed by atoms with Gasteiger partial charge >= 0.3 is 0 Å². The molecular weight excluding hydrogens is 651 g/mol. The monoisotopic (exact) mass is 678 g/mol. The van der Waals surface area contributed by atoms with E-state index in [1.165, 1.54) is 19.1 Å². The number of carbonyl (C=O) groups excluding carboxylic acids is 6. The number of hydrogen-bond acceptors (Lipinski definition) is 7. The van der Waals surface area contributed by atoms with E-state index in [0.717, 1.165) is 12.0 Å². The Morgan fingerprint density at radius 1 is 0.604 bits per heavy atom. The first-order valence-corrected chi connectivity index (χ1v) is 15.7. The lowest BCUT2D eigenvalue weighted by Crippen LogP contribution is -2.36. The van der Waals surface area contributed by atoms with Gasteiger partial charge in [-0.1, -0.05) is 120 Å². The quantitative estimate of drug-likeness (QED) is 0.197. The number of amides is 1. The summed E-state index contributed by atoms with van der Waals surface area (Å²) < 4.78 is 0. The summed E-state index contributed by atoms with van der Waals surface area (Å²) in [4.78, 5) is 74.9. The molecule has 48 heavy (non-hydrogen) atoms. The molecule has 0 saturated carbocycles. The van der Waals surface area contributed by atoms with E-state index in [4.69, 9.17) is 23.2 Å². The molecule has 1 amide bonds. The van der Waals surface area contributed by atoms with E-state index in [1.807, 2.05) is 30.3 Å². The van der Waals surface area contributed by atoms with E-state index < -0.39 is 34.2 Å². The Labute approximate surface area is 286 Å². The molecule has 1 unspecified atom stereocenters. The normalized spacial score (nSPS) is 14.4. The van der Waals surface area contributed by atoms with Gasteiger partial charge in [-0.25, -0.2) is 0 Å². The van der Waals surface area contributed by atoms with Gasteiger partial charge in [0.2, 0.25) is 23.3 Å². The second-order valence-electron chi connectivity index (χ2n) is 10.9. The van der Waals surface area contributed by atoms with E-state index >= 15 is 0 Å². The van der Waals surface area contributed by atoms with Crippen LogP contribution in [0.5, 0.6) is 0 Å². The van der Waals surface area contributed by atoms with Gasteiger partial charge in [-0.05, 0) is 31.0 Å².